The molecular weight excluding hydrogens is 192 g/mol. The van der Waals surface area contributed by atoms with Crippen LogP contribution >= 0.6 is 11.6 Å². The Morgan fingerprint density at radius 3 is 2.43 bits per heavy atom. The van der Waals surface area contributed by atoms with Crippen LogP contribution in [-0.2, 0) is 0 Å². The van der Waals surface area contributed by atoms with E-state index < -0.39 is 0 Å². The summed E-state index contributed by atoms with van der Waals surface area (Å²) in [5.41, 5.74) is 1.42. The van der Waals surface area contributed by atoms with Gasteiger partial charge in [0, 0.05) is 10.9 Å². The zero-order valence-corrected chi connectivity index (χ0v) is 9.81. The molecule has 1 heteroatoms. The summed E-state index contributed by atoms with van der Waals surface area (Å²) in [7, 11) is 0. The van der Waals surface area contributed by atoms with E-state index in [2.05, 4.69) is 33.4 Å². The van der Waals surface area contributed by atoms with Gasteiger partial charge in [-0.2, -0.15) is 0 Å². The van der Waals surface area contributed by atoms with Crippen molar-refractivity contribution in [1.82, 2.24) is 0 Å². The molecule has 0 spiro atoms. The predicted octanol–water partition coefficient (Wildman–Crippen LogP) is 4.66. The third-order valence-corrected chi connectivity index (χ3v) is 2.61. The van der Waals surface area contributed by atoms with Gasteiger partial charge in [-0.3, -0.25) is 0 Å². The number of hydrogen-bond acceptors (Lipinski definition) is 0. The molecule has 1 rings (SSSR count). The molecule has 0 saturated heterocycles. The zero-order chi connectivity index (χ0) is 10.8. The van der Waals surface area contributed by atoms with Crippen molar-refractivity contribution in [1.29, 1.82) is 0 Å². The minimum Gasteiger partial charge on any atom is -0.102 e. The monoisotopic (exact) mass is 208 g/mol. The Hall–Kier alpha value is -0.750. The smallest absolute Gasteiger partial charge is 0.0408 e. The van der Waals surface area contributed by atoms with Crippen molar-refractivity contribution in [2.24, 2.45) is 5.41 Å². The van der Waals surface area contributed by atoms with Crippen molar-refractivity contribution in [3.05, 3.63) is 47.5 Å². The standard InChI is InChI=1S/C13H17Cl/c1-5-12(13(2,3)4)10-7-6-8-11(14)9-10/h5-9,12H,1H2,2-4H3. The lowest BCUT2D eigenvalue weighted by molar-refractivity contribution is 0.367. The van der Waals surface area contributed by atoms with E-state index in [0.717, 1.165) is 5.02 Å². The zero-order valence-electron chi connectivity index (χ0n) is 9.05. The Labute approximate surface area is 91.6 Å². The van der Waals surface area contributed by atoms with Crippen LogP contribution in [-0.4, -0.2) is 0 Å². The first-order valence-corrected chi connectivity index (χ1v) is 5.21. The van der Waals surface area contributed by atoms with E-state index in [-0.39, 0.29) is 5.41 Å². The molecule has 0 amide bonds. The number of rotatable bonds is 2. The van der Waals surface area contributed by atoms with Crippen LogP contribution in [0.5, 0.6) is 0 Å². The average molecular weight is 209 g/mol. The fraction of sp³-hybridized carbons (Fsp3) is 0.385. The second kappa shape index (κ2) is 4.18. The first-order chi connectivity index (χ1) is 6.45. The van der Waals surface area contributed by atoms with Gasteiger partial charge in [0.15, 0.2) is 0 Å². The molecule has 0 aliphatic carbocycles. The Morgan fingerprint density at radius 2 is 2.00 bits per heavy atom. The van der Waals surface area contributed by atoms with Gasteiger partial charge >= 0.3 is 0 Å². The highest BCUT2D eigenvalue weighted by Crippen LogP contribution is 2.36. The Morgan fingerprint density at radius 1 is 1.36 bits per heavy atom. The first-order valence-electron chi connectivity index (χ1n) is 4.83. The fourth-order valence-electron chi connectivity index (χ4n) is 1.69. The van der Waals surface area contributed by atoms with Crippen molar-refractivity contribution in [2.75, 3.05) is 0 Å². The van der Waals surface area contributed by atoms with E-state index in [9.17, 15) is 0 Å². The molecule has 0 heterocycles. The molecule has 0 saturated carbocycles. The molecule has 0 N–H and O–H groups in total. The number of halogens is 1. The van der Waals surface area contributed by atoms with E-state index in [4.69, 9.17) is 11.6 Å². The number of hydrogen-bond donors (Lipinski definition) is 0. The molecule has 0 nitrogen and oxygen atoms in total. The van der Waals surface area contributed by atoms with Gasteiger partial charge in [-0.1, -0.05) is 50.6 Å². The van der Waals surface area contributed by atoms with E-state index in [1.807, 2.05) is 24.3 Å². The van der Waals surface area contributed by atoms with Crippen LogP contribution in [0.15, 0.2) is 36.9 Å². The van der Waals surface area contributed by atoms with Gasteiger partial charge in [-0.25, -0.2) is 0 Å². The molecule has 0 aromatic heterocycles. The van der Waals surface area contributed by atoms with Crippen LogP contribution in [0.1, 0.15) is 32.3 Å². The molecular formula is C13H17Cl. The van der Waals surface area contributed by atoms with Crippen LogP contribution in [0, 0.1) is 5.41 Å². The Kier molecular flexibility index (Phi) is 3.38. The summed E-state index contributed by atoms with van der Waals surface area (Å²) in [5, 5.41) is 0.790. The van der Waals surface area contributed by atoms with Gasteiger partial charge in [0.25, 0.3) is 0 Å². The highest BCUT2D eigenvalue weighted by Gasteiger charge is 2.23. The van der Waals surface area contributed by atoms with Crippen molar-refractivity contribution in [2.45, 2.75) is 26.7 Å². The van der Waals surface area contributed by atoms with Gasteiger partial charge < -0.3 is 0 Å². The van der Waals surface area contributed by atoms with Crippen LogP contribution < -0.4 is 0 Å². The van der Waals surface area contributed by atoms with Crippen LogP contribution in [0.25, 0.3) is 0 Å². The van der Waals surface area contributed by atoms with Gasteiger partial charge in [-0.05, 0) is 23.1 Å². The lowest BCUT2D eigenvalue weighted by Gasteiger charge is -2.28. The molecule has 0 aliphatic rings. The largest absolute Gasteiger partial charge is 0.102 e. The minimum atomic E-state index is 0.187. The van der Waals surface area contributed by atoms with Crippen molar-refractivity contribution >= 4 is 11.6 Å². The quantitative estimate of drug-likeness (QED) is 0.621. The molecule has 1 aromatic rings. The van der Waals surface area contributed by atoms with Crippen LogP contribution in [0.2, 0.25) is 5.02 Å². The van der Waals surface area contributed by atoms with E-state index >= 15 is 0 Å². The average Bonchev–Trinajstić information content (AvgIpc) is 2.02. The summed E-state index contributed by atoms with van der Waals surface area (Å²) in [6, 6.07) is 8.00. The molecule has 0 aliphatic heterocycles. The highest BCUT2D eigenvalue weighted by atomic mass is 35.5. The van der Waals surface area contributed by atoms with Crippen LogP contribution in [0.4, 0.5) is 0 Å². The summed E-state index contributed by atoms with van der Waals surface area (Å²) < 4.78 is 0. The number of allylic oxidation sites excluding steroid dienone is 1. The molecule has 0 bridgehead atoms. The summed E-state index contributed by atoms with van der Waals surface area (Å²) in [5.74, 6) is 0.348. The second-order valence-electron chi connectivity index (χ2n) is 4.63. The molecule has 76 valence electrons. The second-order valence-corrected chi connectivity index (χ2v) is 5.07. The van der Waals surface area contributed by atoms with Gasteiger partial charge in [0.05, 0.1) is 0 Å². The summed E-state index contributed by atoms with van der Waals surface area (Å²) in [4.78, 5) is 0. The molecule has 0 fully saturated rings. The molecule has 0 radical (unpaired) electrons. The summed E-state index contributed by atoms with van der Waals surface area (Å²) in [6.45, 7) is 10.5. The van der Waals surface area contributed by atoms with E-state index in [0.29, 0.717) is 5.92 Å². The Bertz CT molecular complexity index is 320. The van der Waals surface area contributed by atoms with Gasteiger partial charge in [0.2, 0.25) is 0 Å². The SMILES string of the molecule is C=CC(c1cccc(Cl)c1)C(C)(C)C. The molecule has 1 aromatic carbocycles. The van der Waals surface area contributed by atoms with E-state index in [1.54, 1.807) is 0 Å². The van der Waals surface area contributed by atoms with E-state index in [1.165, 1.54) is 5.56 Å². The Balaban J connectivity index is 3.07. The fourth-order valence-corrected chi connectivity index (χ4v) is 1.89. The molecule has 14 heavy (non-hydrogen) atoms. The maximum Gasteiger partial charge on any atom is 0.0408 e. The summed E-state index contributed by atoms with van der Waals surface area (Å²) >= 11 is 5.96. The third kappa shape index (κ3) is 2.62. The van der Waals surface area contributed by atoms with Gasteiger partial charge in [-0.15, -0.1) is 6.58 Å². The normalized spacial score (nSPS) is 13.7. The third-order valence-electron chi connectivity index (χ3n) is 2.38. The number of benzene rings is 1. The van der Waals surface area contributed by atoms with Crippen LogP contribution in [0.3, 0.4) is 0 Å². The maximum atomic E-state index is 5.96. The lowest BCUT2D eigenvalue weighted by Crippen LogP contribution is -2.16. The summed E-state index contributed by atoms with van der Waals surface area (Å²) in [6.07, 6.45) is 1.99. The first kappa shape index (κ1) is 11.3. The topological polar surface area (TPSA) is 0 Å². The molecule has 1 atom stereocenters. The highest BCUT2D eigenvalue weighted by molar-refractivity contribution is 6.30. The predicted molar refractivity (Wildman–Crippen MR) is 63.8 cm³/mol. The minimum absolute atomic E-state index is 0.187. The maximum absolute atomic E-state index is 5.96. The lowest BCUT2D eigenvalue weighted by atomic mass is 9.77. The van der Waals surface area contributed by atoms with Gasteiger partial charge in [0.1, 0.15) is 0 Å². The van der Waals surface area contributed by atoms with Crippen molar-refractivity contribution in [3.8, 4) is 0 Å². The van der Waals surface area contributed by atoms with Crippen molar-refractivity contribution in [3.63, 3.8) is 0 Å². The van der Waals surface area contributed by atoms with Crippen molar-refractivity contribution < 1.29 is 0 Å². The molecule has 1 unspecified atom stereocenters.